The molecule has 1 aromatic carbocycles. The van der Waals surface area contributed by atoms with Crippen LogP contribution < -0.4 is 0 Å². The maximum atomic E-state index is 10.6. The van der Waals surface area contributed by atoms with Crippen LogP contribution in [0.3, 0.4) is 0 Å². The molecule has 0 aliphatic heterocycles. The molecule has 0 bridgehead atoms. The van der Waals surface area contributed by atoms with E-state index in [0.717, 1.165) is 15.9 Å². The molecular weight excluding hydrogens is 320 g/mol. The lowest BCUT2D eigenvalue weighted by Crippen LogP contribution is -1.98. The van der Waals surface area contributed by atoms with Crippen LogP contribution in [0.4, 0.5) is 0 Å². The Balaban J connectivity index is 2.21. The molecule has 1 aromatic heterocycles. The molecule has 0 spiro atoms. The monoisotopic (exact) mass is 336 g/mol. The molecule has 20 heavy (non-hydrogen) atoms. The fourth-order valence-electron chi connectivity index (χ4n) is 1.96. The van der Waals surface area contributed by atoms with Crippen LogP contribution in [-0.2, 0) is 11.2 Å². The van der Waals surface area contributed by atoms with E-state index in [0.29, 0.717) is 18.2 Å². The maximum Gasteiger partial charge on any atom is 0.303 e. The first-order valence-corrected chi connectivity index (χ1v) is 7.33. The fraction of sp³-hybridized carbons (Fsp3) is 0.333. The Hall–Kier alpha value is -1.62. The Morgan fingerprint density at radius 1 is 1.35 bits per heavy atom. The van der Waals surface area contributed by atoms with Crippen LogP contribution in [0.15, 0.2) is 28.9 Å². The van der Waals surface area contributed by atoms with Crippen molar-refractivity contribution in [3.8, 4) is 11.3 Å². The molecule has 0 aliphatic rings. The van der Waals surface area contributed by atoms with Gasteiger partial charge in [-0.1, -0.05) is 38.1 Å². The van der Waals surface area contributed by atoms with Gasteiger partial charge in [-0.15, -0.1) is 0 Å². The van der Waals surface area contributed by atoms with E-state index in [1.165, 1.54) is 5.56 Å². The van der Waals surface area contributed by atoms with Gasteiger partial charge >= 0.3 is 5.97 Å². The number of H-pyrrole nitrogens is 1. The molecular formula is C15H17BrN2O2. The number of aromatic amines is 1. The Kier molecular flexibility index (Phi) is 4.60. The minimum absolute atomic E-state index is 0.0751. The molecule has 0 unspecified atom stereocenters. The summed E-state index contributed by atoms with van der Waals surface area (Å²) in [6.07, 6.45) is 0.476. The highest BCUT2D eigenvalue weighted by atomic mass is 79.9. The Morgan fingerprint density at radius 2 is 2.00 bits per heavy atom. The highest BCUT2D eigenvalue weighted by molar-refractivity contribution is 9.10. The second kappa shape index (κ2) is 6.22. The summed E-state index contributed by atoms with van der Waals surface area (Å²) in [5.41, 5.74) is 3.12. The first-order chi connectivity index (χ1) is 9.47. The summed E-state index contributed by atoms with van der Waals surface area (Å²) in [4.78, 5) is 18.1. The predicted molar refractivity (Wildman–Crippen MR) is 81.8 cm³/mol. The van der Waals surface area contributed by atoms with Gasteiger partial charge in [0.25, 0.3) is 0 Å². The number of benzene rings is 1. The molecule has 0 saturated carbocycles. The normalized spacial score (nSPS) is 11.0. The molecule has 2 aromatic rings. The van der Waals surface area contributed by atoms with Crippen molar-refractivity contribution < 1.29 is 9.90 Å². The molecule has 0 aliphatic carbocycles. The molecule has 1 heterocycles. The summed E-state index contributed by atoms with van der Waals surface area (Å²) in [5.74, 6) is 0.361. The summed E-state index contributed by atoms with van der Waals surface area (Å²) in [7, 11) is 0. The SMILES string of the molecule is CC(C)c1ccc(-c2nc(CCC(=O)O)[nH]c2Br)cc1. The number of aliphatic carboxylic acids is 1. The van der Waals surface area contributed by atoms with E-state index in [1.807, 2.05) is 12.1 Å². The minimum atomic E-state index is -0.819. The van der Waals surface area contributed by atoms with Gasteiger partial charge < -0.3 is 10.1 Å². The van der Waals surface area contributed by atoms with Gasteiger partial charge in [-0.2, -0.15) is 0 Å². The van der Waals surface area contributed by atoms with E-state index in [2.05, 4.69) is 51.9 Å². The lowest BCUT2D eigenvalue weighted by Gasteiger charge is -2.05. The third-order valence-corrected chi connectivity index (χ3v) is 3.71. The van der Waals surface area contributed by atoms with E-state index < -0.39 is 5.97 Å². The summed E-state index contributed by atoms with van der Waals surface area (Å²) in [6.45, 7) is 4.31. The molecule has 0 radical (unpaired) electrons. The van der Waals surface area contributed by atoms with Gasteiger partial charge in [0.05, 0.1) is 6.42 Å². The van der Waals surface area contributed by atoms with Gasteiger partial charge in [-0.25, -0.2) is 4.98 Å². The van der Waals surface area contributed by atoms with Crippen molar-refractivity contribution in [2.24, 2.45) is 0 Å². The smallest absolute Gasteiger partial charge is 0.303 e. The number of carbonyl (C=O) groups is 1. The maximum absolute atomic E-state index is 10.6. The zero-order valence-electron chi connectivity index (χ0n) is 11.5. The van der Waals surface area contributed by atoms with Crippen LogP contribution in [0.5, 0.6) is 0 Å². The number of carboxylic acids is 1. The fourth-order valence-corrected chi connectivity index (χ4v) is 2.51. The highest BCUT2D eigenvalue weighted by Gasteiger charge is 2.11. The van der Waals surface area contributed by atoms with E-state index in [-0.39, 0.29) is 6.42 Å². The second-order valence-electron chi connectivity index (χ2n) is 5.02. The largest absolute Gasteiger partial charge is 0.481 e. The quantitative estimate of drug-likeness (QED) is 0.867. The average molecular weight is 337 g/mol. The highest BCUT2D eigenvalue weighted by Crippen LogP contribution is 2.27. The number of carboxylic acid groups (broad SMARTS) is 1. The number of nitrogens with zero attached hydrogens (tertiary/aromatic N) is 1. The lowest BCUT2D eigenvalue weighted by molar-refractivity contribution is -0.137. The van der Waals surface area contributed by atoms with Crippen LogP contribution >= 0.6 is 15.9 Å². The third kappa shape index (κ3) is 3.48. The van der Waals surface area contributed by atoms with E-state index in [1.54, 1.807) is 0 Å². The number of hydrogen-bond acceptors (Lipinski definition) is 2. The van der Waals surface area contributed by atoms with Crippen LogP contribution in [-0.4, -0.2) is 21.0 Å². The van der Waals surface area contributed by atoms with Crippen molar-refractivity contribution in [3.63, 3.8) is 0 Å². The number of hydrogen-bond donors (Lipinski definition) is 2. The van der Waals surface area contributed by atoms with Gasteiger partial charge in [-0.3, -0.25) is 4.79 Å². The summed E-state index contributed by atoms with van der Waals surface area (Å²) >= 11 is 3.44. The first-order valence-electron chi connectivity index (χ1n) is 6.54. The molecule has 2 rings (SSSR count). The molecule has 106 valence electrons. The van der Waals surface area contributed by atoms with Gasteiger partial charge in [-0.05, 0) is 27.4 Å². The number of aryl methyl sites for hydroxylation is 1. The zero-order valence-corrected chi connectivity index (χ0v) is 13.1. The molecule has 0 saturated heterocycles. The predicted octanol–water partition coefficient (Wildman–Crippen LogP) is 3.98. The van der Waals surface area contributed by atoms with Gasteiger partial charge in [0.1, 0.15) is 16.1 Å². The van der Waals surface area contributed by atoms with Crippen LogP contribution in [0, 0.1) is 0 Å². The zero-order chi connectivity index (χ0) is 14.7. The second-order valence-corrected chi connectivity index (χ2v) is 5.81. The van der Waals surface area contributed by atoms with Crippen LogP contribution in [0.2, 0.25) is 0 Å². The number of halogens is 1. The van der Waals surface area contributed by atoms with E-state index in [9.17, 15) is 4.79 Å². The molecule has 4 nitrogen and oxygen atoms in total. The Labute approximate surface area is 126 Å². The summed E-state index contributed by atoms with van der Waals surface area (Å²) < 4.78 is 0.787. The summed E-state index contributed by atoms with van der Waals surface area (Å²) in [6, 6.07) is 8.27. The first kappa shape index (κ1) is 14.8. The lowest BCUT2D eigenvalue weighted by atomic mass is 10.0. The molecule has 5 heteroatoms. The number of imidazole rings is 1. The number of aromatic nitrogens is 2. The van der Waals surface area contributed by atoms with Crippen molar-refractivity contribution in [2.45, 2.75) is 32.6 Å². The van der Waals surface area contributed by atoms with Crippen molar-refractivity contribution in [1.82, 2.24) is 9.97 Å². The Morgan fingerprint density at radius 3 is 2.55 bits per heavy atom. The molecule has 0 atom stereocenters. The topological polar surface area (TPSA) is 66.0 Å². The van der Waals surface area contributed by atoms with Crippen molar-refractivity contribution in [3.05, 3.63) is 40.3 Å². The molecule has 0 fully saturated rings. The van der Waals surface area contributed by atoms with Crippen LogP contribution in [0.1, 0.15) is 37.6 Å². The van der Waals surface area contributed by atoms with Crippen molar-refractivity contribution in [1.29, 1.82) is 0 Å². The minimum Gasteiger partial charge on any atom is -0.481 e. The molecule has 2 N–H and O–H groups in total. The van der Waals surface area contributed by atoms with Crippen molar-refractivity contribution >= 4 is 21.9 Å². The standard InChI is InChI=1S/C15H17BrN2O2/c1-9(2)10-3-5-11(6-4-10)14-15(16)18-12(17-14)7-8-13(19)20/h3-6,9H,7-8H2,1-2H3,(H,17,18)(H,19,20). The van der Waals surface area contributed by atoms with Gasteiger partial charge in [0.15, 0.2) is 0 Å². The summed E-state index contributed by atoms with van der Waals surface area (Å²) in [5, 5.41) is 8.70. The van der Waals surface area contributed by atoms with E-state index >= 15 is 0 Å². The van der Waals surface area contributed by atoms with E-state index in [4.69, 9.17) is 5.11 Å². The van der Waals surface area contributed by atoms with Crippen LogP contribution in [0.25, 0.3) is 11.3 Å². The van der Waals surface area contributed by atoms with Gasteiger partial charge in [0, 0.05) is 12.0 Å². The van der Waals surface area contributed by atoms with Crippen molar-refractivity contribution in [2.75, 3.05) is 0 Å². The molecule has 0 amide bonds. The Bertz CT molecular complexity index is 603. The number of rotatable bonds is 5. The average Bonchev–Trinajstić information content (AvgIpc) is 2.78. The van der Waals surface area contributed by atoms with Gasteiger partial charge in [0.2, 0.25) is 0 Å². The third-order valence-electron chi connectivity index (χ3n) is 3.14. The number of nitrogens with one attached hydrogen (secondary N) is 1.